The van der Waals surface area contributed by atoms with Crippen LogP contribution in [-0.2, 0) is 14.3 Å². The van der Waals surface area contributed by atoms with E-state index < -0.39 is 5.54 Å². The molecule has 1 rings (SSSR count). The second kappa shape index (κ2) is 6.33. The first-order chi connectivity index (χ1) is 8.06. The average molecular weight is 244 g/mol. The number of rotatable bonds is 9. The summed E-state index contributed by atoms with van der Waals surface area (Å²) in [5, 5.41) is 3.05. The highest BCUT2D eigenvalue weighted by atomic mass is 16.5. The Morgan fingerprint density at radius 1 is 1.59 bits per heavy atom. The van der Waals surface area contributed by atoms with E-state index in [9.17, 15) is 4.79 Å². The van der Waals surface area contributed by atoms with Crippen molar-refractivity contribution in [3.8, 4) is 0 Å². The molecule has 0 heterocycles. The Hall–Kier alpha value is -0.650. The molecule has 0 aromatic carbocycles. The lowest BCUT2D eigenvalue weighted by Gasteiger charge is -2.31. The molecule has 2 atom stereocenters. The lowest BCUT2D eigenvalue weighted by Crippen LogP contribution is -2.59. The molecule has 0 aromatic heterocycles. The molecule has 5 nitrogen and oxygen atoms in total. The molecule has 1 aliphatic rings. The van der Waals surface area contributed by atoms with Crippen LogP contribution in [0.25, 0.3) is 0 Å². The predicted molar refractivity (Wildman–Crippen MR) is 65.6 cm³/mol. The summed E-state index contributed by atoms with van der Waals surface area (Å²) in [4.78, 5) is 11.6. The molecule has 2 unspecified atom stereocenters. The van der Waals surface area contributed by atoms with E-state index in [1.54, 1.807) is 7.05 Å². The lowest BCUT2D eigenvalue weighted by atomic mass is 9.93. The first-order valence-electron chi connectivity index (χ1n) is 6.25. The maximum absolute atomic E-state index is 11.6. The number of carbonyl (C=O) groups excluding carboxylic acids is 1. The average Bonchev–Trinajstić information content (AvgIpc) is 3.12. The van der Waals surface area contributed by atoms with Crippen molar-refractivity contribution in [2.24, 2.45) is 11.7 Å². The van der Waals surface area contributed by atoms with Gasteiger partial charge in [0.2, 0.25) is 5.91 Å². The Bertz CT molecular complexity index is 256. The predicted octanol–water partition coefficient (Wildman–Crippen LogP) is 0.282. The van der Waals surface area contributed by atoms with Gasteiger partial charge >= 0.3 is 0 Å². The Labute approximate surface area is 103 Å². The number of primary amides is 1. The summed E-state index contributed by atoms with van der Waals surface area (Å²) in [6.45, 7) is 5.41. The van der Waals surface area contributed by atoms with Gasteiger partial charge in [-0.25, -0.2) is 0 Å². The van der Waals surface area contributed by atoms with Crippen molar-refractivity contribution < 1.29 is 14.3 Å². The molecule has 1 fully saturated rings. The molecule has 1 amide bonds. The molecule has 0 saturated heterocycles. The van der Waals surface area contributed by atoms with Crippen LogP contribution in [0.15, 0.2) is 0 Å². The van der Waals surface area contributed by atoms with Gasteiger partial charge in [-0.1, -0.05) is 0 Å². The van der Waals surface area contributed by atoms with Crippen LogP contribution in [0.3, 0.4) is 0 Å². The van der Waals surface area contributed by atoms with Gasteiger partial charge < -0.3 is 20.5 Å². The van der Waals surface area contributed by atoms with Crippen molar-refractivity contribution in [3.05, 3.63) is 0 Å². The molecule has 1 aliphatic carbocycles. The van der Waals surface area contributed by atoms with Crippen LogP contribution in [0.1, 0.15) is 26.7 Å². The van der Waals surface area contributed by atoms with Crippen LogP contribution in [0.2, 0.25) is 0 Å². The zero-order valence-electron chi connectivity index (χ0n) is 11.0. The van der Waals surface area contributed by atoms with Crippen LogP contribution in [-0.4, -0.2) is 44.4 Å². The van der Waals surface area contributed by atoms with Gasteiger partial charge in [0.05, 0.1) is 19.3 Å². The van der Waals surface area contributed by atoms with E-state index in [0.717, 1.165) is 12.8 Å². The molecule has 0 aromatic rings. The molecular weight excluding hydrogens is 220 g/mol. The van der Waals surface area contributed by atoms with E-state index in [-0.39, 0.29) is 12.0 Å². The summed E-state index contributed by atoms with van der Waals surface area (Å²) in [6, 6.07) is 0. The fraction of sp³-hybridized carbons (Fsp3) is 0.917. The summed E-state index contributed by atoms with van der Waals surface area (Å²) in [6.07, 6.45) is 2.04. The number of amides is 1. The van der Waals surface area contributed by atoms with Gasteiger partial charge in [-0.05, 0) is 39.7 Å². The number of nitrogens with one attached hydrogen (secondary N) is 1. The van der Waals surface area contributed by atoms with E-state index in [0.29, 0.717) is 25.7 Å². The molecule has 0 bridgehead atoms. The molecule has 100 valence electrons. The van der Waals surface area contributed by atoms with Gasteiger partial charge in [0.15, 0.2) is 0 Å². The van der Waals surface area contributed by atoms with Crippen LogP contribution in [0, 0.1) is 5.92 Å². The number of hydrogen-bond donors (Lipinski definition) is 2. The highest BCUT2D eigenvalue weighted by Crippen LogP contribution is 2.39. The van der Waals surface area contributed by atoms with Gasteiger partial charge in [0.1, 0.15) is 5.54 Å². The Balaban J connectivity index is 2.46. The number of ether oxygens (including phenoxy) is 2. The molecule has 5 heteroatoms. The monoisotopic (exact) mass is 244 g/mol. The number of carbonyl (C=O) groups is 1. The van der Waals surface area contributed by atoms with Crippen molar-refractivity contribution in [2.45, 2.75) is 38.3 Å². The van der Waals surface area contributed by atoms with Gasteiger partial charge in [0.25, 0.3) is 0 Å². The summed E-state index contributed by atoms with van der Waals surface area (Å²) < 4.78 is 10.9. The Morgan fingerprint density at radius 3 is 2.65 bits per heavy atom. The smallest absolute Gasteiger partial charge is 0.240 e. The topological polar surface area (TPSA) is 73.6 Å². The lowest BCUT2D eigenvalue weighted by molar-refractivity contribution is -0.130. The molecule has 0 radical (unpaired) electrons. The van der Waals surface area contributed by atoms with Crippen LogP contribution >= 0.6 is 0 Å². The highest BCUT2D eigenvalue weighted by molar-refractivity contribution is 5.85. The molecule has 1 saturated carbocycles. The van der Waals surface area contributed by atoms with Crippen molar-refractivity contribution in [2.75, 3.05) is 26.9 Å². The van der Waals surface area contributed by atoms with Crippen molar-refractivity contribution in [1.29, 1.82) is 0 Å². The van der Waals surface area contributed by atoms with Gasteiger partial charge in [-0.3, -0.25) is 4.79 Å². The second-order valence-electron chi connectivity index (χ2n) is 4.64. The largest absolute Gasteiger partial charge is 0.379 e. The Kier molecular flexibility index (Phi) is 5.36. The minimum Gasteiger partial charge on any atom is -0.379 e. The second-order valence-corrected chi connectivity index (χ2v) is 4.64. The summed E-state index contributed by atoms with van der Waals surface area (Å²) >= 11 is 0. The zero-order valence-corrected chi connectivity index (χ0v) is 11.0. The first-order valence-corrected chi connectivity index (χ1v) is 6.25. The van der Waals surface area contributed by atoms with E-state index in [1.807, 2.05) is 13.8 Å². The number of nitrogens with two attached hydrogens (primary N) is 1. The SMILES string of the molecule is CCOCC(C)OCC(NC)(C(N)=O)C1CC1. The fourth-order valence-electron chi connectivity index (χ4n) is 1.97. The molecule has 0 aliphatic heterocycles. The maximum atomic E-state index is 11.6. The zero-order chi connectivity index (χ0) is 12.9. The minimum atomic E-state index is -0.708. The van der Waals surface area contributed by atoms with E-state index in [4.69, 9.17) is 15.2 Å². The normalized spacial score (nSPS) is 20.9. The molecule has 17 heavy (non-hydrogen) atoms. The van der Waals surface area contributed by atoms with Crippen LogP contribution in [0.4, 0.5) is 0 Å². The molecular formula is C12H24N2O3. The van der Waals surface area contributed by atoms with Crippen molar-refractivity contribution >= 4 is 5.91 Å². The van der Waals surface area contributed by atoms with E-state index in [2.05, 4.69) is 5.32 Å². The third-order valence-electron chi connectivity index (χ3n) is 3.31. The maximum Gasteiger partial charge on any atom is 0.240 e. The molecule has 3 N–H and O–H groups in total. The van der Waals surface area contributed by atoms with Crippen molar-refractivity contribution in [3.63, 3.8) is 0 Å². The summed E-state index contributed by atoms with van der Waals surface area (Å²) in [5.41, 5.74) is 4.79. The van der Waals surface area contributed by atoms with E-state index >= 15 is 0 Å². The van der Waals surface area contributed by atoms with Crippen LogP contribution < -0.4 is 11.1 Å². The highest BCUT2D eigenvalue weighted by Gasteiger charge is 2.49. The van der Waals surface area contributed by atoms with Crippen LogP contribution in [0.5, 0.6) is 0 Å². The first kappa shape index (κ1) is 14.4. The third-order valence-corrected chi connectivity index (χ3v) is 3.31. The minimum absolute atomic E-state index is 0.0271. The third kappa shape index (κ3) is 3.66. The fourth-order valence-corrected chi connectivity index (χ4v) is 1.97. The van der Waals surface area contributed by atoms with Crippen molar-refractivity contribution in [1.82, 2.24) is 5.32 Å². The van der Waals surface area contributed by atoms with Gasteiger partial charge in [0, 0.05) is 6.61 Å². The van der Waals surface area contributed by atoms with E-state index in [1.165, 1.54) is 0 Å². The number of likely N-dealkylation sites (N-methyl/N-ethyl adjacent to an activating group) is 1. The van der Waals surface area contributed by atoms with Gasteiger partial charge in [-0.15, -0.1) is 0 Å². The summed E-state index contributed by atoms with van der Waals surface area (Å²) in [5.74, 6) is -0.0181. The molecule has 0 spiro atoms. The summed E-state index contributed by atoms with van der Waals surface area (Å²) in [7, 11) is 1.76. The Morgan fingerprint density at radius 2 is 2.24 bits per heavy atom. The number of hydrogen-bond acceptors (Lipinski definition) is 4. The standard InChI is InChI=1S/C12H24N2O3/c1-4-16-7-9(2)17-8-12(14-3,11(13)15)10-5-6-10/h9-10,14H,4-8H2,1-3H3,(H2,13,15). The quantitative estimate of drug-likeness (QED) is 0.611. The van der Waals surface area contributed by atoms with Gasteiger partial charge in [-0.2, -0.15) is 0 Å².